The number of nitrogens with zero attached hydrogens (tertiary/aromatic N) is 2. The Morgan fingerprint density at radius 2 is 1.65 bits per heavy atom. The first kappa shape index (κ1) is 22.2. The molecule has 0 fully saturated rings. The Kier molecular flexibility index (Phi) is 5.96. The fourth-order valence-electron chi connectivity index (χ4n) is 3.02. The molecule has 3 rings (SSSR count). The van der Waals surface area contributed by atoms with Crippen LogP contribution in [0.25, 0.3) is 11.3 Å². The number of aromatic nitrogens is 1. The molecule has 158 valence electrons. The number of amides is 1. The van der Waals surface area contributed by atoms with Crippen molar-refractivity contribution in [3.8, 4) is 17.3 Å². The highest BCUT2D eigenvalue weighted by Crippen LogP contribution is 2.28. The second-order valence-corrected chi connectivity index (χ2v) is 9.90. The largest absolute Gasteiger partial charge is 0.268 e. The van der Waals surface area contributed by atoms with Crippen LogP contribution in [0.4, 0.5) is 0 Å². The lowest BCUT2D eigenvalue weighted by Crippen LogP contribution is -2.32. The number of hydrogen-bond donors (Lipinski definition) is 1. The summed E-state index contributed by atoms with van der Waals surface area (Å²) in [7, 11) is -4.24. The second-order valence-electron chi connectivity index (χ2n) is 8.25. The number of sulfonamides is 1. The summed E-state index contributed by atoms with van der Waals surface area (Å²) in [6.45, 7) is 7.99. The van der Waals surface area contributed by atoms with E-state index in [-0.39, 0.29) is 21.4 Å². The van der Waals surface area contributed by atoms with Crippen molar-refractivity contribution in [2.24, 2.45) is 0 Å². The van der Waals surface area contributed by atoms with Gasteiger partial charge < -0.3 is 0 Å². The van der Waals surface area contributed by atoms with E-state index in [1.54, 1.807) is 18.2 Å². The number of carbonyl (C=O) groups is 1. The summed E-state index contributed by atoms with van der Waals surface area (Å²) in [5.41, 5.74) is 2.77. The average molecular weight is 434 g/mol. The van der Waals surface area contributed by atoms with Gasteiger partial charge in [0.05, 0.1) is 16.8 Å². The topological polar surface area (TPSA) is 99.9 Å². The monoisotopic (exact) mass is 433 g/mol. The Bertz CT molecular complexity index is 1280. The Morgan fingerprint density at radius 1 is 1.00 bits per heavy atom. The van der Waals surface area contributed by atoms with Gasteiger partial charge in [-0.05, 0) is 31.2 Å². The normalized spacial score (nSPS) is 11.6. The van der Waals surface area contributed by atoms with Gasteiger partial charge in [-0.15, -0.1) is 0 Å². The van der Waals surface area contributed by atoms with Crippen molar-refractivity contribution in [2.45, 2.75) is 38.0 Å². The number of rotatable bonds is 4. The number of aryl methyl sites for hydroxylation is 1. The molecule has 0 radical (unpaired) electrons. The van der Waals surface area contributed by atoms with Crippen LogP contribution < -0.4 is 4.72 Å². The minimum atomic E-state index is -4.24. The Hall–Kier alpha value is -3.50. The van der Waals surface area contributed by atoms with Crippen molar-refractivity contribution in [3.63, 3.8) is 0 Å². The number of benzene rings is 2. The standard InChI is InChI=1S/C24H23N3O3S/c1-16-9-11-17(12-10-16)22-19(13-14-21(26-22)24(2,3)4)23(28)27-31(29,30)20-8-6-5-7-18(20)15-25/h5-14H,1-4H3,(H,27,28). The molecule has 0 unspecified atom stereocenters. The molecule has 0 atom stereocenters. The molecule has 0 aliphatic carbocycles. The van der Waals surface area contributed by atoms with Gasteiger partial charge in [0, 0.05) is 16.7 Å². The molecular weight excluding hydrogens is 410 g/mol. The molecule has 0 aliphatic heterocycles. The van der Waals surface area contributed by atoms with E-state index in [9.17, 15) is 18.5 Å². The molecule has 1 aromatic heterocycles. The van der Waals surface area contributed by atoms with E-state index in [4.69, 9.17) is 4.98 Å². The van der Waals surface area contributed by atoms with Crippen molar-refractivity contribution in [2.75, 3.05) is 0 Å². The maximum atomic E-state index is 13.0. The highest BCUT2D eigenvalue weighted by atomic mass is 32.2. The highest BCUT2D eigenvalue weighted by Gasteiger charge is 2.25. The van der Waals surface area contributed by atoms with Crippen LogP contribution >= 0.6 is 0 Å². The van der Waals surface area contributed by atoms with Crippen LogP contribution in [0, 0.1) is 18.3 Å². The molecule has 3 aromatic rings. The maximum absolute atomic E-state index is 13.0. The first-order valence-corrected chi connectivity index (χ1v) is 11.2. The van der Waals surface area contributed by atoms with Crippen molar-refractivity contribution in [1.29, 1.82) is 5.26 Å². The van der Waals surface area contributed by atoms with Crippen molar-refractivity contribution < 1.29 is 13.2 Å². The molecule has 0 spiro atoms. The minimum absolute atomic E-state index is 0.0391. The highest BCUT2D eigenvalue weighted by molar-refractivity contribution is 7.90. The summed E-state index contributed by atoms with van der Waals surface area (Å²) >= 11 is 0. The zero-order chi connectivity index (χ0) is 22.8. The van der Waals surface area contributed by atoms with Crippen LogP contribution in [0.3, 0.4) is 0 Å². The molecule has 7 heteroatoms. The zero-order valence-corrected chi connectivity index (χ0v) is 18.6. The summed E-state index contributed by atoms with van der Waals surface area (Å²) in [4.78, 5) is 17.5. The fraction of sp³-hybridized carbons (Fsp3) is 0.208. The van der Waals surface area contributed by atoms with E-state index >= 15 is 0 Å². The number of pyridine rings is 1. The number of nitrogens with one attached hydrogen (secondary N) is 1. The van der Waals surface area contributed by atoms with Gasteiger partial charge in [0.2, 0.25) is 0 Å². The van der Waals surface area contributed by atoms with Gasteiger partial charge in [-0.25, -0.2) is 13.1 Å². The first-order chi connectivity index (χ1) is 14.5. The quantitative estimate of drug-likeness (QED) is 0.659. The molecule has 0 saturated heterocycles. The summed E-state index contributed by atoms with van der Waals surface area (Å²) in [6, 6.07) is 18.4. The average Bonchev–Trinajstić information content (AvgIpc) is 2.73. The minimum Gasteiger partial charge on any atom is -0.268 e. The number of hydrogen-bond acceptors (Lipinski definition) is 5. The van der Waals surface area contributed by atoms with Gasteiger partial charge in [0.15, 0.2) is 0 Å². The van der Waals surface area contributed by atoms with E-state index < -0.39 is 15.9 Å². The Morgan fingerprint density at radius 3 is 2.26 bits per heavy atom. The van der Waals surface area contributed by atoms with Crippen LogP contribution in [0.5, 0.6) is 0 Å². The lowest BCUT2D eigenvalue weighted by Gasteiger charge is -2.20. The third-order valence-electron chi connectivity index (χ3n) is 4.76. The molecular formula is C24H23N3O3S. The van der Waals surface area contributed by atoms with Crippen LogP contribution in [0.15, 0.2) is 65.6 Å². The van der Waals surface area contributed by atoms with E-state index in [0.717, 1.165) is 11.3 Å². The predicted octanol–water partition coefficient (Wildman–Crippen LogP) is 4.34. The summed E-state index contributed by atoms with van der Waals surface area (Å²) in [5, 5.41) is 9.22. The molecule has 0 aliphatic rings. The van der Waals surface area contributed by atoms with Crippen LogP contribution in [-0.4, -0.2) is 19.3 Å². The smallest absolute Gasteiger partial charge is 0.267 e. The van der Waals surface area contributed by atoms with E-state index in [2.05, 4.69) is 4.72 Å². The van der Waals surface area contributed by atoms with Gasteiger partial charge in [0.1, 0.15) is 11.0 Å². The van der Waals surface area contributed by atoms with Crippen molar-refractivity contribution in [3.05, 3.63) is 83.0 Å². The summed E-state index contributed by atoms with van der Waals surface area (Å²) in [5.74, 6) is -0.809. The molecule has 0 saturated carbocycles. The van der Waals surface area contributed by atoms with Gasteiger partial charge >= 0.3 is 0 Å². The van der Waals surface area contributed by atoms with Gasteiger partial charge in [-0.1, -0.05) is 62.7 Å². The molecule has 2 aromatic carbocycles. The molecule has 1 amide bonds. The summed E-state index contributed by atoms with van der Waals surface area (Å²) in [6.07, 6.45) is 0. The first-order valence-electron chi connectivity index (χ1n) is 9.68. The molecule has 6 nitrogen and oxygen atoms in total. The second kappa shape index (κ2) is 8.32. The van der Waals surface area contributed by atoms with Gasteiger partial charge in [0.25, 0.3) is 15.9 Å². The number of carbonyl (C=O) groups excluding carboxylic acids is 1. The molecule has 0 bridgehead atoms. The summed E-state index contributed by atoms with van der Waals surface area (Å²) < 4.78 is 27.7. The molecule has 1 heterocycles. The van der Waals surface area contributed by atoms with E-state index in [0.29, 0.717) is 11.3 Å². The maximum Gasteiger partial charge on any atom is 0.267 e. The van der Waals surface area contributed by atoms with E-state index in [1.165, 1.54) is 18.2 Å². The molecule has 1 N–H and O–H groups in total. The third kappa shape index (κ3) is 4.81. The number of nitriles is 1. The Labute approximate surface area is 182 Å². The van der Waals surface area contributed by atoms with Gasteiger partial charge in [-0.2, -0.15) is 5.26 Å². The predicted molar refractivity (Wildman–Crippen MR) is 119 cm³/mol. The lowest BCUT2D eigenvalue weighted by molar-refractivity contribution is 0.0981. The Balaban J connectivity index is 2.08. The lowest BCUT2D eigenvalue weighted by atomic mass is 9.90. The van der Waals surface area contributed by atoms with Crippen molar-refractivity contribution in [1.82, 2.24) is 9.71 Å². The van der Waals surface area contributed by atoms with E-state index in [1.807, 2.05) is 58.0 Å². The SMILES string of the molecule is Cc1ccc(-c2nc(C(C)(C)C)ccc2C(=O)NS(=O)(=O)c2ccccc2C#N)cc1. The van der Waals surface area contributed by atoms with Crippen molar-refractivity contribution >= 4 is 15.9 Å². The third-order valence-corrected chi connectivity index (χ3v) is 6.15. The van der Waals surface area contributed by atoms with Crippen LogP contribution in [0.1, 0.15) is 48.0 Å². The van der Waals surface area contributed by atoms with Crippen LogP contribution in [-0.2, 0) is 15.4 Å². The zero-order valence-electron chi connectivity index (χ0n) is 17.8. The molecule has 31 heavy (non-hydrogen) atoms. The van der Waals surface area contributed by atoms with Gasteiger partial charge in [-0.3, -0.25) is 9.78 Å². The van der Waals surface area contributed by atoms with Crippen LogP contribution in [0.2, 0.25) is 0 Å². The fourth-order valence-corrected chi connectivity index (χ4v) is 4.14.